The van der Waals surface area contributed by atoms with Crippen molar-refractivity contribution in [2.24, 2.45) is 0 Å². The molecule has 1 amide bonds. The van der Waals surface area contributed by atoms with Gasteiger partial charge in [-0.2, -0.15) is 0 Å². The predicted molar refractivity (Wildman–Crippen MR) is 97.3 cm³/mol. The molecule has 0 bridgehead atoms. The van der Waals surface area contributed by atoms with Gasteiger partial charge in [-0.1, -0.05) is 18.2 Å². The number of nitrogens with one attached hydrogen (secondary N) is 2. The topological polar surface area (TPSA) is 84.5 Å². The zero-order valence-corrected chi connectivity index (χ0v) is 15.3. The van der Waals surface area contributed by atoms with E-state index in [-0.39, 0.29) is 23.8 Å². The maximum Gasteiger partial charge on any atom is 0.240 e. The molecule has 0 radical (unpaired) electrons. The third-order valence-corrected chi connectivity index (χ3v) is 5.24. The zero-order chi connectivity index (χ0) is 18.4. The summed E-state index contributed by atoms with van der Waals surface area (Å²) in [5.41, 5.74) is 2.70. The number of hydrogen-bond acceptors (Lipinski definition) is 4. The number of rotatable bonds is 7. The van der Waals surface area contributed by atoms with Gasteiger partial charge in [0.05, 0.1) is 12.0 Å². The van der Waals surface area contributed by atoms with E-state index < -0.39 is 10.0 Å². The molecule has 0 aliphatic rings. The first kappa shape index (κ1) is 19.0. The van der Waals surface area contributed by atoms with Crippen LogP contribution in [0.3, 0.4) is 0 Å². The van der Waals surface area contributed by atoms with Gasteiger partial charge in [-0.15, -0.1) is 0 Å². The number of carbonyl (C=O) groups is 1. The van der Waals surface area contributed by atoms with Crippen LogP contribution in [0.5, 0.6) is 5.75 Å². The number of anilines is 1. The predicted octanol–water partition coefficient (Wildman–Crippen LogP) is 2.62. The number of ether oxygens (including phenoxy) is 1. The number of carbonyl (C=O) groups excluding carboxylic acids is 1. The lowest BCUT2D eigenvalue weighted by molar-refractivity contribution is -0.116. The molecule has 2 N–H and O–H groups in total. The molecule has 0 aromatic heterocycles. The highest BCUT2D eigenvalue weighted by Crippen LogP contribution is 2.19. The summed E-state index contributed by atoms with van der Waals surface area (Å²) < 4.78 is 31.8. The van der Waals surface area contributed by atoms with E-state index in [0.29, 0.717) is 5.75 Å². The van der Waals surface area contributed by atoms with Gasteiger partial charge in [-0.05, 0) is 49.2 Å². The van der Waals surface area contributed by atoms with Gasteiger partial charge >= 0.3 is 0 Å². The second kappa shape index (κ2) is 8.13. The van der Waals surface area contributed by atoms with Gasteiger partial charge in [0, 0.05) is 18.7 Å². The summed E-state index contributed by atoms with van der Waals surface area (Å²) in [5, 5.41) is 2.83. The minimum atomic E-state index is -3.66. The smallest absolute Gasteiger partial charge is 0.240 e. The van der Waals surface area contributed by atoms with E-state index >= 15 is 0 Å². The fourth-order valence-corrected chi connectivity index (χ4v) is 3.38. The molecule has 6 nitrogen and oxygen atoms in total. The van der Waals surface area contributed by atoms with E-state index in [1.807, 2.05) is 32.0 Å². The Bertz CT molecular complexity index is 826. The molecule has 0 heterocycles. The van der Waals surface area contributed by atoms with Crippen molar-refractivity contribution in [3.63, 3.8) is 0 Å². The first-order chi connectivity index (χ1) is 11.8. The van der Waals surface area contributed by atoms with Gasteiger partial charge in [0.1, 0.15) is 5.75 Å². The molecule has 0 saturated carbocycles. The van der Waals surface area contributed by atoms with Crippen LogP contribution in [-0.4, -0.2) is 28.0 Å². The Kier molecular flexibility index (Phi) is 6.17. The van der Waals surface area contributed by atoms with Crippen LogP contribution in [0.2, 0.25) is 0 Å². The van der Waals surface area contributed by atoms with Crippen molar-refractivity contribution in [3.8, 4) is 5.75 Å². The van der Waals surface area contributed by atoms with Gasteiger partial charge in [-0.25, -0.2) is 13.1 Å². The molecule has 2 rings (SSSR count). The molecular weight excluding hydrogens is 340 g/mol. The fourth-order valence-electron chi connectivity index (χ4n) is 2.35. The first-order valence-electron chi connectivity index (χ1n) is 7.83. The van der Waals surface area contributed by atoms with E-state index in [9.17, 15) is 13.2 Å². The van der Waals surface area contributed by atoms with Crippen molar-refractivity contribution in [3.05, 3.63) is 53.6 Å². The van der Waals surface area contributed by atoms with Crippen LogP contribution in [0.1, 0.15) is 17.5 Å². The molecule has 0 aliphatic heterocycles. The minimum absolute atomic E-state index is 0.0190. The van der Waals surface area contributed by atoms with Crippen molar-refractivity contribution in [2.45, 2.75) is 25.2 Å². The summed E-state index contributed by atoms with van der Waals surface area (Å²) >= 11 is 0. The Morgan fingerprint density at radius 2 is 1.64 bits per heavy atom. The van der Waals surface area contributed by atoms with Crippen LogP contribution in [0.15, 0.2) is 47.4 Å². The van der Waals surface area contributed by atoms with Crippen LogP contribution < -0.4 is 14.8 Å². The molecule has 2 aromatic rings. The minimum Gasteiger partial charge on any atom is -0.497 e. The third kappa shape index (κ3) is 5.04. The molecule has 7 heteroatoms. The highest BCUT2D eigenvalue weighted by atomic mass is 32.2. The van der Waals surface area contributed by atoms with Crippen molar-refractivity contribution < 1.29 is 17.9 Å². The highest BCUT2D eigenvalue weighted by Gasteiger charge is 2.14. The Labute approximate surface area is 148 Å². The van der Waals surface area contributed by atoms with Crippen molar-refractivity contribution in [2.75, 3.05) is 19.0 Å². The average molecular weight is 362 g/mol. The van der Waals surface area contributed by atoms with Crippen LogP contribution in [0.4, 0.5) is 5.69 Å². The maximum atomic E-state index is 12.2. The third-order valence-electron chi connectivity index (χ3n) is 3.76. The molecule has 0 spiro atoms. The van der Waals surface area contributed by atoms with E-state index in [0.717, 1.165) is 16.8 Å². The zero-order valence-electron chi connectivity index (χ0n) is 14.5. The van der Waals surface area contributed by atoms with Gasteiger partial charge in [-0.3, -0.25) is 4.79 Å². The lowest BCUT2D eigenvalue weighted by Gasteiger charge is -2.12. The number of sulfonamides is 1. The van der Waals surface area contributed by atoms with Crippen LogP contribution in [-0.2, 0) is 14.8 Å². The molecule has 0 atom stereocenters. The molecule has 0 unspecified atom stereocenters. The molecule has 0 fully saturated rings. The van der Waals surface area contributed by atoms with E-state index in [1.165, 1.54) is 19.2 Å². The van der Waals surface area contributed by atoms with E-state index in [2.05, 4.69) is 10.0 Å². The number of aryl methyl sites for hydroxylation is 2. The average Bonchev–Trinajstić information content (AvgIpc) is 2.58. The quantitative estimate of drug-likeness (QED) is 0.793. The summed E-state index contributed by atoms with van der Waals surface area (Å²) in [4.78, 5) is 12.2. The monoisotopic (exact) mass is 362 g/mol. The summed E-state index contributed by atoms with van der Waals surface area (Å²) in [6, 6.07) is 11.8. The normalized spacial score (nSPS) is 11.2. The molecule has 0 saturated heterocycles. The van der Waals surface area contributed by atoms with E-state index in [1.54, 1.807) is 12.1 Å². The molecular formula is C18H22N2O4S. The second-order valence-corrected chi connectivity index (χ2v) is 7.41. The van der Waals surface area contributed by atoms with Crippen molar-refractivity contribution in [1.29, 1.82) is 0 Å². The Hall–Kier alpha value is -2.38. The summed E-state index contributed by atoms with van der Waals surface area (Å²) in [5.74, 6) is 0.335. The Morgan fingerprint density at radius 1 is 1.04 bits per heavy atom. The summed E-state index contributed by atoms with van der Waals surface area (Å²) in [6.45, 7) is 3.84. The molecule has 2 aromatic carbocycles. The number of benzene rings is 2. The highest BCUT2D eigenvalue weighted by molar-refractivity contribution is 7.89. The van der Waals surface area contributed by atoms with Crippen LogP contribution in [0.25, 0.3) is 0 Å². The number of amides is 1. The van der Waals surface area contributed by atoms with Crippen molar-refractivity contribution in [1.82, 2.24) is 4.72 Å². The van der Waals surface area contributed by atoms with Gasteiger partial charge in [0.25, 0.3) is 0 Å². The van der Waals surface area contributed by atoms with E-state index in [4.69, 9.17) is 4.74 Å². The second-order valence-electron chi connectivity index (χ2n) is 5.64. The molecule has 134 valence electrons. The molecule has 25 heavy (non-hydrogen) atoms. The van der Waals surface area contributed by atoms with Gasteiger partial charge < -0.3 is 10.1 Å². The lowest BCUT2D eigenvalue weighted by Crippen LogP contribution is -2.28. The SMILES string of the molecule is COc1ccc(S(=O)(=O)NCCC(=O)Nc2c(C)cccc2C)cc1. The Morgan fingerprint density at radius 3 is 2.20 bits per heavy atom. The Balaban J connectivity index is 1.91. The largest absolute Gasteiger partial charge is 0.497 e. The number of hydrogen-bond donors (Lipinski definition) is 2. The van der Waals surface area contributed by atoms with Gasteiger partial charge in [0.15, 0.2) is 0 Å². The van der Waals surface area contributed by atoms with Gasteiger partial charge in [0.2, 0.25) is 15.9 Å². The fraction of sp³-hybridized carbons (Fsp3) is 0.278. The lowest BCUT2D eigenvalue weighted by atomic mass is 10.1. The van der Waals surface area contributed by atoms with Crippen LogP contribution in [0, 0.1) is 13.8 Å². The number of methoxy groups -OCH3 is 1. The number of para-hydroxylation sites is 1. The van der Waals surface area contributed by atoms with Crippen molar-refractivity contribution >= 4 is 21.6 Å². The van der Waals surface area contributed by atoms with Crippen LogP contribution >= 0.6 is 0 Å². The standard InChI is InChI=1S/C18H22N2O4S/c1-13-5-4-6-14(2)18(13)20-17(21)11-12-19-25(22,23)16-9-7-15(24-3)8-10-16/h4-10,19H,11-12H2,1-3H3,(H,20,21). The summed E-state index contributed by atoms with van der Waals surface area (Å²) in [7, 11) is -2.15. The molecule has 0 aliphatic carbocycles. The first-order valence-corrected chi connectivity index (χ1v) is 9.31. The maximum absolute atomic E-state index is 12.2. The summed E-state index contributed by atoms with van der Waals surface area (Å²) in [6.07, 6.45) is 0.0448.